The first kappa shape index (κ1) is 16.7. The van der Waals surface area contributed by atoms with Crippen LogP contribution in [-0.4, -0.2) is 17.0 Å². The van der Waals surface area contributed by atoms with Gasteiger partial charge in [-0.2, -0.15) is 0 Å². The summed E-state index contributed by atoms with van der Waals surface area (Å²) in [5.41, 5.74) is 0.662. The van der Waals surface area contributed by atoms with Crippen molar-refractivity contribution in [2.45, 2.75) is 39.5 Å². The molecule has 0 aliphatic carbocycles. The molecule has 1 rings (SSSR count). The Morgan fingerprint density at radius 3 is 2.60 bits per heavy atom. The maximum atomic E-state index is 12.2. The van der Waals surface area contributed by atoms with Gasteiger partial charge in [0, 0.05) is 10.4 Å². The van der Waals surface area contributed by atoms with Gasteiger partial charge in [-0.15, -0.1) is 0 Å². The van der Waals surface area contributed by atoms with Crippen molar-refractivity contribution >= 4 is 33.5 Å². The van der Waals surface area contributed by atoms with Crippen molar-refractivity contribution in [2.24, 2.45) is 5.92 Å². The Morgan fingerprint density at radius 1 is 1.35 bits per heavy atom. The minimum Gasteiger partial charge on any atom is -0.478 e. The smallest absolute Gasteiger partial charge is 0.335 e. The quantitative estimate of drug-likeness (QED) is 0.776. The monoisotopic (exact) mass is 341 g/mol. The first-order valence-corrected chi connectivity index (χ1v) is 7.62. The highest BCUT2D eigenvalue weighted by molar-refractivity contribution is 9.10. The van der Waals surface area contributed by atoms with E-state index in [1.54, 1.807) is 6.07 Å². The molecule has 1 aromatic rings. The molecule has 0 aliphatic rings. The molecule has 0 heterocycles. The van der Waals surface area contributed by atoms with Crippen molar-refractivity contribution in [1.29, 1.82) is 0 Å². The van der Waals surface area contributed by atoms with Crippen LogP contribution in [0.5, 0.6) is 0 Å². The maximum absolute atomic E-state index is 12.2. The topological polar surface area (TPSA) is 66.4 Å². The van der Waals surface area contributed by atoms with Gasteiger partial charge in [0.1, 0.15) is 0 Å². The second-order valence-corrected chi connectivity index (χ2v) is 5.59. The molecule has 5 heteroatoms. The highest BCUT2D eigenvalue weighted by atomic mass is 79.9. The van der Waals surface area contributed by atoms with Gasteiger partial charge in [-0.1, -0.05) is 26.7 Å². The van der Waals surface area contributed by atoms with Crippen molar-refractivity contribution in [2.75, 3.05) is 5.32 Å². The van der Waals surface area contributed by atoms with Crippen molar-refractivity contribution in [1.82, 2.24) is 0 Å². The maximum Gasteiger partial charge on any atom is 0.335 e. The van der Waals surface area contributed by atoms with Crippen LogP contribution in [0.15, 0.2) is 22.7 Å². The second kappa shape index (κ2) is 8.04. The number of benzene rings is 1. The van der Waals surface area contributed by atoms with E-state index >= 15 is 0 Å². The van der Waals surface area contributed by atoms with Crippen LogP contribution in [0.2, 0.25) is 0 Å². The second-order valence-electron chi connectivity index (χ2n) is 4.74. The van der Waals surface area contributed by atoms with Crippen LogP contribution >= 0.6 is 15.9 Å². The number of anilines is 1. The summed E-state index contributed by atoms with van der Waals surface area (Å²) in [5.74, 6) is -1.09. The Labute approximate surface area is 127 Å². The van der Waals surface area contributed by atoms with Crippen molar-refractivity contribution in [3.8, 4) is 0 Å². The van der Waals surface area contributed by atoms with Crippen molar-refractivity contribution < 1.29 is 14.7 Å². The summed E-state index contributed by atoms with van der Waals surface area (Å²) < 4.78 is 0.682. The standard InChI is InChI=1S/C15H20BrNO3/c1-3-5-6-10(4-2)14(18)17-13-9-11(15(19)20)7-8-12(13)16/h7-10H,3-6H2,1-2H3,(H,17,18)(H,19,20). The minimum absolute atomic E-state index is 0.0321. The molecule has 20 heavy (non-hydrogen) atoms. The molecule has 0 aliphatic heterocycles. The number of amides is 1. The van der Waals surface area contributed by atoms with Gasteiger partial charge >= 0.3 is 5.97 Å². The number of hydrogen-bond acceptors (Lipinski definition) is 2. The van der Waals surface area contributed by atoms with E-state index in [0.717, 1.165) is 25.7 Å². The van der Waals surface area contributed by atoms with Crippen LogP contribution in [0.4, 0.5) is 5.69 Å². The molecule has 0 bridgehead atoms. The summed E-state index contributed by atoms with van der Waals surface area (Å²) in [6, 6.07) is 4.60. The molecule has 0 saturated heterocycles. The molecule has 1 aromatic carbocycles. The largest absolute Gasteiger partial charge is 0.478 e. The number of carbonyl (C=O) groups is 2. The van der Waals surface area contributed by atoms with Crippen LogP contribution in [0.25, 0.3) is 0 Å². The van der Waals surface area contributed by atoms with Gasteiger partial charge in [-0.3, -0.25) is 4.79 Å². The van der Waals surface area contributed by atoms with Crippen LogP contribution in [0, 0.1) is 5.92 Å². The lowest BCUT2D eigenvalue weighted by Crippen LogP contribution is -2.22. The highest BCUT2D eigenvalue weighted by Gasteiger charge is 2.17. The van der Waals surface area contributed by atoms with Gasteiger partial charge in [0.25, 0.3) is 0 Å². The van der Waals surface area contributed by atoms with Crippen LogP contribution in [-0.2, 0) is 4.79 Å². The number of halogens is 1. The van der Waals surface area contributed by atoms with E-state index in [1.165, 1.54) is 12.1 Å². The van der Waals surface area contributed by atoms with Crippen molar-refractivity contribution in [3.63, 3.8) is 0 Å². The zero-order chi connectivity index (χ0) is 15.1. The zero-order valence-corrected chi connectivity index (χ0v) is 13.4. The fraction of sp³-hybridized carbons (Fsp3) is 0.467. The van der Waals surface area contributed by atoms with E-state index in [9.17, 15) is 9.59 Å². The minimum atomic E-state index is -1.01. The van der Waals surface area contributed by atoms with E-state index in [-0.39, 0.29) is 17.4 Å². The molecule has 1 unspecified atom stereocenters. The Bertz CT molecular complexity index is 488. The third-order valence-electron chi connectivity index (χ3n) is 3.24. The fourth-order valence-electron chi connectivity index (χ4n) is 1.96. The first-order valence-electron chi connectivity index (χ1n) is 6.83. The molecule has 0 radical (unpaired) electrons. The third kappa shape index (κ3) is 4.63. The lowest BCUT2D eigenvalue weighted by atomic mass is 9.98. The van der Waals surface area contributed by atoms with Gasteiger partial charge in [-0.25, -0.2) is 4.79 Å². The van der Waals surface area contributed by atoms with Crippen molar-refractivity contribution in [3.05, 3.63) is 28.2 Å². The van der Waals surface area contributed by atoms with Crippen LogP contribution in [0.1, 0.15) is 49.9 Å². The van der Waals surface area contributed by atoms with E-state index in [1.807, 2.05) is 6.92 Å². The summed E-state index contributed by atoms with van der Waals surface area (Å²) in [7, 11) is 0. The Morgan fingerprint density at radius 2 is 2.05 bits per heavy atom. The molecule has 0 aromatic heterocycles. The number of nitrogens with one attached hydrogen (secondary N) is 1. The average Bonchev–Trinajstić information content (AvgIpc) is 2.41. The van der Waals surface area contributed by atoms with E-state index in [2.05, 4.69) is 28.2 Å². The third-order valence-corrected chi connectivity index (χ3v) is 3.93. The molecule has 0 saturated carbocycles. The van der Waals surface area contributed by atoms with Crippen LogP contribution in [0.3, 0.4) is 0 Å². The number of aromatic carboxylic acids is 1. The molecule has 0 fully saturated rings. The Balaban J connectivity index is 2.83. The van der Waals surface area contributed by atoms with E-state index in [0.29, 0.717) is 10.2 Å². The van der Waals surface area contributed by atoms with Gasteiger partial charge in [0.05, 0.1) is 11.3 Å². The zero-order valence-electron chi connectivity index (χ0n) is 11.8. The normalized spacial score (nSPS) is 11.9. The molecule has 2 N–H and O–H groups in total. The number of carbonyl (C=O) groups excluding carboxylic acids is 1. The number of unbranched alkanes of at least 4 members (excludes halogenated alkanes) is 1. The van der Waals surface area contributed by atoms with Gasteiger partial charge < -0.3 is 10.4 Å². The molecule has 0 spiro atoms. The molecule has 4 nitrogen and oxygen atoms in total. The van der Waals surface area contributed by atoms with E-state index in [4.69, 9.17) is 5.11 Å². The summed E-state index contributed by atoms with van der Waals surface area (Å²) in [6.07, 6.45) is 3.71. The van der Waals surface area contributed by atoms with Crippen LogP contribution < -0.4 is 5.32 Å². The summed E-state index contributed by atoms with van der Waals surface area (Å²) in [4.78, 5) is 23.2. The SMILES string of the molecule is CCCCC(CC)C(=O)Nc1cc(C(=O)O)ccc1Br. The Kier molecular flexibility index (Phi) is 6.71. The number of carboxylic acids is 1. The summed E-state index contributed by atoms with van der Waals surface area (Å²) in [6.45, 7) is 4.08. The lowest BCUT2D eigenvalue weighted by molar-refractivity contribution is -0.120. The predicted molar refractivity (Wildman–Crippen MR) is 83.0 cm³/mol. The summed E-state index contributed by atoms with van der Waals surface area (Å²) in [5, 5.41) is 11.8. The molecular formula is C15H20BrNO3. The molecule has 110 valence electrons. The fourth-order valence-corrected chi connectivity index (χ4v) is 2.31. The average molecular weight is 342 g/mol. The highest BCUT2D eigenvalue weighted by Crippen LogP contribution is 2.25. The molecule has 1 atom stereocenters. The number of hydrogen-bond donors (Lipinski definition) is 2. The lowest BCUT2D eigenvalue weighted by Gasteiger charge is -2.15. The van der Waals surface area contributed by atoms with Gasteiger partial charge in [-0.05, 0) is 47.0 Å². The number of rotatable bonds is 7. The predicted octanol–water partition coefficient (Wildman–Crippen LogP) is 4.30. The van der Waals surface area contributed by atoms with Gasteiger partial charge in [0.15, 0.2) is 0 Å². The summed E-state index contributed by atoms with van der Waals surface area (Å²) >= 11 is 3.32. The molecule has 1 amide bonds. The first-order chi connectivity index (χ1) is 9.49. The van der Waals surface area contributed by atoms with E-state index < -0.39 is 5.97 Å². The molecular weight excluding hydrogens is 322 g/mol. The number of carboxylic acid groups (broad SMARTS) is 1. The Hall–Kier alpha value is -1.36. The van der Waals surface area contributed by atoms with Gasteiger partial charge in [0.2, 0.25) is 5.91 Å².